The molecule has 0 radical (unpaired) electrons. The van der Waals surface area contributed by atoms with Crippen LogP contribution in [0.25, 0.3) is 0 Å². The standard InChI is InChI=1S/C21H26FN3O5S2/c1-15-6-9-19(31(27,28)24(2)3)13-20(15)23-21(26)16-5-4-12-25(14-16)32(29,30)18-10-7-17(22)8-11-18/h6-11,13,16H,4-5,12,14H2,1-3H3,(H,23,26)/t16-/m1/s1. The number of benzene rings is 2. The summed E-state index contributed by atoms with van der Waals surface area (Å²) in [6.45, 7) is 1.99. The van der Waals surface area contributed by atoms with Gasteiger partial charge in [-0.1, -0.05) is 6.07 Å². The van der Waals surface area contributed by atoms with Crippen molar-refractivity contribution < 1.29 is 26.0 Å². The molecule has 1 aliphatic heterocycles. The lowest BCUT2D eigenvalue weighted by Crippen LogP contribution is -2.43. The molecule has 0 aliphatic carbocycles. The smallest absolute Gasteiger partial charge is 0.243 e. The number of aryl methyl sites for hydroxylation is 1. The van der Waals surface area contributed by atoms with E-state index in [0.29, 0.717) is 24.1 Å². The fourth-order valence-electron chi connectivity index (χ4n) is 3.47. The van der Waals surface area contributed by atoms with Gasteiger partial charge in [-0.05, 0) is 61.7 Å². The predicted molar refractivity (Wildman–Crippen MR) is 119 cm³/mol. The summed E-state index contributed by atoms with van der Waals surface area (Å²) >= 11 is 0. The van der Waals surface area contributed by atoms with Gasteiger partial charge in [0.05, 0.1) is 15.7 Å². The zero-order chi connectivity index (χ0) is 23.7. The van der Waals surface area contributed by atoms with Crippen molar-refractivity contribution in [2.45, 2.75) is 29.6 Å². The minimum Gasteiger partial charge on any atom is -0.326 e. The Labute approximate surface area is 188 Å². The van der Waals surface area contributed by atoms with Crippen LogP contribution in [-0.4, -0.2) is 58.5 Å². The summed E-state index contributed by atoms with van der Waals surface area (Å²) in [5.41, 5.74) is 1.04. The molecular formula is C21H26FN3O5S2. The van der Waals surface area contributed by atoms with E-state index in [1.54, 1.807) is 13.0 Å². The van der Waals surface area contributed by atoms with Crippen molar-refractivity contribution in [3.05, 3.63) is 53.8 Å². The van der Waals surface area contributed by atoms with E-state index in [1.807, 2.05) is 0 Å². The fourth-order valence-corrected chi connectivity index (χ4v) is 5.92. The van der Waals surface area contributed by atoms with E-state index in [2.05, 4.69) is 5.32 Å². The fraction of sp³-hybridized carbons (Fsp3) is 0.381. The molecule has 0 bridgehead atoms. The minimum atomic E-state index is -3.86. The quantitative estimate of drug-likeness (QED) is 0.680. The molecule has 0 aromatic heterocycles. The van der Waals surface area contributed by atoms with Crippen LogP contribution in [0.1, 0.15) is 18.4 Å². The Morgan fingerprint density at radius 1 is 1.06 bits per heavy atom. The zero-order valence-electron chi connectivity index (χ0n) is 18.1. The lowest BCUT2D eigenvalue weighted by atomic mass is 9.98. The van der Waals surface area contributed by atoms with Crippen molar-refractivity contribution >= 4 is 31.6 Å². The molecule has 0 saturated carbocycles. The highest BCUT2D eigenvalue weighted by Gasteiger charge is 2.33. The largest absolute Gasteiger partial charge is 0.326 e. The number of hydrogen-bond donors (Lipinski definition) is 1. The van der Waals surface area contributed by atoms with Crippen LogP contribution >= 0.6 is 0 Å². The number of piperidine rings is 1. The molecule has 1 aliphatic rings. The number of nitrogens with one attached hydrogen (secondary N) is 1. The summed E-state index contributed by atoms with van der Waals surface area (Å²) < 4.78 is 66.1. The monoisotopic (exact) mass is 483 g/mol. The van der Waals surface area contributed by atoms with E-state index < -0.39 is 31.8 Å². The van der Waals surface area contributed by atoms with Gasteiger partial charge in [0.15, 0.2) is 0 Å². The summed E-state index contributed by atoms with van der Waals surface area (Å²) in [5, 5.41) is 2.76. The predicted octanol–water partition coefficient (Wildman–Crippen LogP) is 2.42. The molecular weight excluding hydrogens is 457 g/mol. The lowest BCUT2D eigenvalue weighted by Gasteiger charge is -2.31. The highest BCUT2D eigenvalue weighted by atomic mass is 32.2. The number of carbonyl (C=O) groups is 1. The molecule has 1 amide bonds. The molecule has 1 heterocycles. The third-order valence-corrected chi connectivity index (χ3v) is 9.14. The number of amides is 1. The molecule has 8 nitrogen and oxygen atoms in total. The molecule has 0 unspecified atom stereocenters. The molecule has 1 fully saturated rings. The summed E-state index contributed by atoms with van der Waals surface area (Å²) in [6.07, 6.45) is 0.989. The Morgan fingerprint density at radius 2 is 1.69 bits per heavy atom. The number of nitrogens with zero attached hydrogens (tertiary/aromatic N) is 2. The first-order chi connectivity index (χ1) is 14.9. The topological polar surface area (TPSA) is 104 Å². The van der Waals surface area contributed by atoms with Gasteiger partial charge in [0.25, 0.3) is 0 Å². The molecule has 174 valence electrons. The third kappa shape index (κ3) is 5.01. The van der Waals surface area contributed by atoms with Crippen LogP contribution in [0.4, 0.5) is 10.1 Å². The van der Waals surface area contributed by atoms with Crippen LogP contribution in [0.5, 0.6) is 0 Å². The number of halogens is 1. The van der Waals surface area contributed by atoms with E-state index in [4.69, 9.17) is 0 Å². The van der Waals surface area contributed by atoms with Crippen molar-refractivity contribution in [3.63, 3.8) is 0 Å². The zero-order valence-corrected chi connectivity index (χ0v) is 19.7. The lowest BCUT2D eigenvalue weighted by molar-refractivity contribution is -0.120. The van der Waals surface area contributed by atoms with E-state index in [9.17, 15) is 26.0 Å². The molecule has 2 aromatic rings. The average molecular weight is 484 g/mol. The highest BCUT2D eigenvalue weighted by molar-refractivity contribution is 7.89. The molecule has 1 saturated heterocycles. The van der Waals surface area contributed by atoms with Gasteiger partial charge in [-0.15, -0.1) is 0 Å². The number of anilines is 1. The van der Waals surface area contributed by atoms with Gasteiger partial charge in [0.1, 0.15) is 5.82 Å². The maximum atomic E-state index is 13.2. The van der Waals surface area contributed by atoms with Crippen LogP contribution in [0.2, 0.25) is 0 Å². The van der Waals surface area contributed by atoms with Crippen molar-refractivity contribution in [2.75, 3.05) is 32.5 Å². The van der Waals surface area contributed by atoms with Gasteiger partial charge in [-0.3, -0.25) is 4.79 Å². The molecule has 2 aromatic carbocycles. The van der Waals surface area contributed by atoms with Crippen molar-refractivity contribution in [3.8, 4) is 0 Å². The van der Waals surface area contributed by atoms with Crippen LogP contribution in [0.15, 0.2) is 52.3 Å². The molecule has 0 spiro atoms. The Morgan fingerprint density at radius 3 is 2.31 bits per heavy atom. The van der Waals surface area contributed by atoms with Crippen molar-refractivity contribution in [1.82, 2.24) is 8.61 Å². The number of hydrogen-bond acceptors (Lipinski definition) is 5. The average Bonchev–Trinajstić information content (AvgIpc) is 2.75. The van der Waals surface area contributed by atoms with Crippen molar-refractivity contribution in [1.29, 1.82) is 0 Å². The van der Waals surface area contributed by atoms with Crippen LogP contribution in [0.3, 0.4) is 0 Å². The van der Waals surface area contributed by atoms with Gasteiger partial charge in [-0.25, -0.2) is 25.5 Å². The van der Waals surface area contributed by atoms with E-state index in [-0.39, 0.29) is 28.8 Å². The molecule has 11 heteroatoms. The van der Waals surface area contributed by atoms with Gasteiger partial charge in [0.2, 0.25) is 26.0 Å². The molecule has 3 rings (SSSR count). The first-order valence-corrected chi connectivity index (χ1v) is 12.9. The molecule has 32 heavy (non-hydrogen) atoms. The molecule has 1 N–H and O–H groups in total. The Kier molecular flexibility index (Phi) is 7.03. The van der Waals surface area contributed by atoms with Gasteiger partial charge < -0.3 is 5.32 Å². The summed E-state index contributed by atoms with van der Waals surface area (Å²) in [5.74, 6) is -1.52. The van der Waals surface area contributed by atoms with Crippen LogP contribution in [-0.2, 0) is 24.8 Å². The third-order valence-electron chi connectivity index (χ3n) is 5.45. The Balaban J connectivity index is 1.78. The Hall–Kier alpha value is -2.34. The SMILES string of the molecule is Cc1ccc(S(=O)(=O)N(C)C)cc1NC(=O)[C@@H]1CCCN(S(=O)(=O)c2ccc(F)cc2)C1. The van der Waals surface area contributed by atoms with E-state index in [0.717, 1.165) is 16.4 Å². The van der Waals surface area contributed by atoms with Crippen LogP contribution < -0.4 is 5.32 Å². The normalized spacial score (nSPS) is 18.0. The van der Waals surface area contributed by atoms with Crippen molar-refractivity contribution in [2.24, 2.45) is 5.92 Å². The second-order valence-corrected chi connectivity index (χ2v) is 12.0. The maximum absolute atomic E-state index is 13.2. The van der Waals surface area contributed by atoms with Gasteiger partial charge >= 0.3 is 0 Å². The van der Waals surface area contributed by atoms with E-state index >= 15 is 0 Å². The minimum absolute atomic E-state index is 0.0136. The number of carbonyl (C=O) groups excluding carboxylic acids is 1. The van der Waals surface area contributed by atoms with E-state index in [1.165, 1.54) is 42.7 Å². The Bertz CT molecular complexity index is 1210. The number of sulfonamides is 2. The molecule has 1 atom stereocenters. The summed E-state index contributed by atoms with van der Waals surface area (Å²) in [4.78, 5) is 12.9. The first kappa shape index (κ1) is 24.3. The second-order valence-electron chi connectivity index (χ2n) is 7.91. The van der Waals surface area contributed by atoms with Gasteiger partial charge in [-0.2, -0.15) is 4.31 Å². The highest BCUT2D eigenvalue weighted by Crippen LogP contribution is 2.27. The van der Waals surface area contributed by atoms with Crippen LogP contribution in [0, 0.1) is 18.7 Å². The maximum Gasteiger partial charge on any atom is 0.243 e. The summed E-state index contributed by atoms with van der Waals surface area (Å²) in [6, 6.07) is 9.05. The summed E-state index contributed by atoms with van der Waals surface area (Å²) in [7, 11) is -4.69. The second kappa shape index (κ2) is 9.26. The van der Waals surface area contributed by atoms with Gasteiger partial charge in [0, 0.05) is 32.9 Å². The number of rotatable bonds is 6. The first-order valence-electron chi connectivity index (χ1n) is 10.0.